The SMILES string of the molecule is Cc1nc2c(c(N3CC(C)OC(C)C3)n1)CN(C(=O)C(c1ccccc1)c1ccccc1)CC2. The molecule has 3 aromatic rings. The maximum Gasteiger partial charge on any atom is 0.234 e. The molecule has 0 bridgehead atoms. The topological polar surface area (TPSA) is 58.6 Å². The molecular formula is C28H32N4O2. The van der Waals surface area contributed by atoms with Crippen molar-refractivity contribution in [1.29, 1.82) is 0 Å². The second kappa shape index (κ2) is 9.55. The molecule has 0 spiro atoms. The van der Waals surface area contributed by atoms with E-state index in [1.807, 2.05) is 72.5 Å². The molecule has 5 rings (SSSR count). The quantitative estimate of drug-likeness (QED) is 0.591. The Morgan fingerprint density at radius 3 is 2.12 bits per heavy atom. The van der Waals surface area contributed by atoms with E-state index in [0.717, 1.165) is 53.5 Å². The summed E-state index contributed by atoms with van der Waals surface area (Å²) in [5, 5.41) is 0. The molecule has 2 aliphatic heterocycles. The van der Waals surface area contributed by atoms with E-state index in [0.29, 0.717) is 13.1 Å². The van der Waals surface area contributed by atoms with Gasteiger partial charge in [-0.1, -0.05) is 60.7 Å². The molecular weight excluding hydrogens is 424 g/mol. The first kappa shape index (κ1) is 22.5. The van der Waals surface area contributed by atoms with Crippen LogP contribution in [0.25, 0.3) is 0 Å². The van der Waals surface area contributed by atoms with Crippen LogP contribution in [0.1, 0.15) is 48.0 Å². The second-order valence-corrected chi connectivity index (χ2v) is 9.45. The summed E-state index contributed by atoms with van der Waals surface area (Å²) >= 11 is 0. The monoisotopic (exact) mass is 456 g/mol. The van der Waals surface area contributed by atoms with Crippen LogP contribution < -0.4 is 4.90 Å². The number of amides is 1. The minimum absolute atomic E-state index is 0.123. The van der Waals surface area contributed by atoms with Gasteiger partial charge in [0.1, 0.15) is 11.6 Å². The summed E-state index contributed by atoms with van der Waals surface area (Å²) < 4.78 is 5.95. The standard InChI is InChI=1S/C28H32N4O2/c1-19-16-32(17-20(2)34-19)27-24-18-31(15-14-25(24)29-21(3)30-27)28(33)26(22-10-6-4-7-11-22)23-12-8-5-9-13-23/h4-13,19-20,26H,14-18H2,1-3H3. The fourth-order valence-corrected chi connectivity index (χ4v) is 5.27. The van der Waals surface area contributed by atoms with Crippen molar-refractivity contribution < 1.29 is 9.53 Å². The summed E-state index contributed by atoms with van der Waals surface area (Å²) in [5.74, 6) is 1.53. The van der Waals surface area contributed by atoms with E-state index in [2.05, 4.69) is 18.7 Å². The van der Waals surface area contributed by atoms with Gasteiger partial charge in [0.15, 0.2) is 0 Å². The third-order valence-electron chi connectivity index (χ3n) is 6.69. The molecule has 0 saturated carbocycles. The lowest BCUT2D eigenvalue weighted by atomic mass is 9.89. The van der Waals surface area contributed by atoms with E-state index < -0.39 is 0 Å². The highest BCUT2D eigenvalue weighted by molar-refractivity contribution is 5.87. The molecule has 2 atom stereocenters. The van der Waals surface area contributed by atoms with Gasteiger partial charge in [-0.25, -0.2) is 9.97 Å². The number of fused-ring (bicyclic) bond motifs is 1. The molecule has 34 heavy (non-hydrogen) atoms. The number of carbonyl (C=O) groups is 1. The Bertz CT molecular complexity index is 1100. The average Bonchev–Trinajstić information content (AvgIpc) is 2.84. The first-order chi connectivity index (χ1) is 16.5. The number of anilines is 1. The zero-order valence-corrected chi connectivity index (χ0v) is 20.1. The van der Waals surface area contributed by atoms with Crippen molar-refractivity contribution in [1.82, 2.24) is 14.9 Å². The van der Waals surface area contributed by atoms with Crippen molar-refractivity contribution >= 4 is 11.7 Å². The van der Waals surface area contributed by atoms with Gasteiger partial charge in [-0.3, -0.25) is 4.79 Å². The van der Waals surface area contributed by atoms with Crippen molar-refractivity contribution in [2.45, 2.75) is 51.9 Å². The van der Waals surface area contributed by atoms with E-state index >= 15 is 0 Å². The van der Waals surface area contributed by atoms with Gasteiger partial charge >= 0.3 is 0 Å². The largest absolute Gasteiger partial charge is 0.372 e. The van der Waals surface area contributed by atoms with Gasteiger partial charge in [-0.15, -0.1) is 0 Å². The van der Waals surface area contributed by atoms with Crippen LogP contribution in [0.3, 0.4) is 0 Å². The number of carbonyl (C=O) groups excluding carboxylic acids is 1. The lowest BCUT2D eigenvalue weighted by Gasteiger charge is -2.39. The lowest BCUT2D eigenvalue weighted by Crippen LogP contribution is -2.47. The normalized spacial score (nSPS) is 20.4. The van der Waals surface area contributed by atoms with Gasteiger partial charge in [-0.05, 0) is 31.9 Å². The third kappa shape index (κ3) is 4.55. The molecule has 6 nitrogen and oxygen atoms in total. The van der Waals surface area contributed by atoms with Crippen molar-refractivity contribution in [2.24, 2.45) is 0 Å². The molecule has 3 heterocycles. The summed E-state index contributed by atoms with van der Waals surface area (Å²) in [6.07, 6.45) is 1.01. The maximum atomic E-state index is 14.0. The number of nitrogens with zero attached hydrogens (tertiary/aromatic N) is 4. The van der Waals surface area contributed by atoms with E-state index in [1.165, 1.54) is 0 Å². The summed E-state index contributed by atoms with van der Waals surface area (Å²) in [4.78, 5) is 27.9. The summed E-state index contributed by atoms with van der Waals surface area (Å²) in [6.45, 7) is 8.92. The first-order valence-electron chi connectivity index (χ1n) is 12.1. The van der Waals surface area contributed by atoms with Crippen LogP contribution in [-0.4, -0.2) is 52.6 Å². The van der Waals surface area contributed by atoms with Crippen LogP contribution in [0.5, 0.6) is 0 Å². The van der Waals surface area contributed by atoms with Crippen molar-refractivity contribution in [2.75, 3.05) is 24.5 Å². The van der Waals surface area contributed by atoms with Crippen LogP contribution in [0.15, 0.2) is 60.7 Å². The molecule has 1 aromatic heterocycles. The van der Waals surface area contributed by atoms with Crippen LogP contribution in [-0.2, 0) is 22.5 Å². The highest BCUT2D eigenvalue weighted by atomic mass is 16.5. The molecule has 176 valence electrons. The van der Waals surface area contributed by atoms with Crippen molar-refractivity contribution in [3.8, 4) is 0 Å². The number of hydrogen-bond acceptors (Lipinski definition) is 5. The first-order valence-corrected chi connectivity index (χ1v) is 12.1. The Morgan fingerprint density at radius 1 is 0.941 bits per heavy atom. The Morgan fingerprint density at radius 2 is 1.53 bits per heavy atom. The maximum absolute atomic E-state index is 14.0. The minimum Gasteiger partial charge on any atom is -0.372 e. The van der Waals surface area contributed by atoms with Crippen LogP contribution in [0.2, 0.25) is 0 Å². The number of benzene rings is 2. The highest BCUT2D eigenvalue weighted by Gasteiger charge is 2.33. The van der Waals surface area contributed by atoms with E-state index in [4.69, 9.17) is 14.7 Å². The highest BCUT2D eigenvalue weighted by Crippen LogP contribution is 2.32. The average molecular weight is 457 g/mol. The Kier molecular flexibility index (Phi) is 6.33. The number of ether oxygens (including phenoxy) is 1. The molecule has 2 unspecified atom stereocenters. The van der Waals surface area contributed by atoms with E-state index in [9.17, 15) is 4.79 Å². The summed E-state index contributed by atoms with van der Waals surface area (Å²) in [6, 6.07) is 20.2. The second-order valence-electron chi connectivity index (χ2n) is 9.45. The van der Waals surface area contributed by atoms with E-state index in [1.54, 1.807) is 0 Å². The molecule has 2 aliphatic rings. The fraction of sp³-hybridized carbons (Fsp3) is 0.393. The molecule has 6 heteroatoms. The number of hydrogen-bond donors (Lipinski definition) is 0. The molecule has 0 aliphatic carbocycles. The predicted molar refractivity (Wildman–Crippen MR) is 133 cm³/mol. The molecule has 2 aromatic carbocycles. The van der Waals surface area contributed by atoms with Crippen molar-refractivity contribution in [3.63, 3.8) is 0 Å². The molecule has 1 saturated heterocycles. The fourth-order valence-electron chi connectivity index (χ4n) is 5.27. The molecule has 0 radical (unpaired) electrons. The smallest absolute Gasteiger partial charge is 0.234 e. The zero-order chi connectivity index (χ0) is 23.7. The van der Waals surface area contributed by atoms with Gasteiger partial charge in [-0.2, -0.15) is 0 Å². The lowest BCUT2D eigenvalue weighted by molar-refractivity contribution is -0.132. The Hall–Kier alpha value is -3.25. The third-order valence-corrected chi connectivity index (χ3v) is 6.69. The zero-order valence-electron chi connectivity index (χ0n) is 20.1. The number of aryl methyl sites for hydroxylation is 1. The van der Waals surface area contributed by atoms with Crippen LogP contribution >= 0.6 is 0 Å². The Labute approximate surface area is 201 Å². The molecule has 1 amide bonds. The Balaban J connectivity index is 1.48. The van der Waals surface area contributed by atoms with Gasteiger partial charge in [0.2, 0.25) is 5.91 Å². The van der Waals surface area contributed by atoms with E-state index in [-0.39, 0.29) is 24.0 Å². The van der Waals surface area contributed by atoms with Crippen LogP contribution in [0.4, 0.5) is 5.82 Å². The van der Waals surface area contributed by atoms with Crippen LogP contribution in [0, 0.1) is 6.92 Å². The summed E-state index contributed by atoms with van der Waals surface area (Å²) in [7, 11) is 0. The summed E-state index contributed by atoms with van der Waals surface area (Å²) in [5.41, 5.74) is 4.17. The van der Waals surface area contributed by atoms with Gasteiger partial charge in [0.25, 0.3) is 0 Å². The predicted octanol–water partition coefficient (Wildman–Crippen LogP) is 4.12. The number of morpholine rings is 1. The van der Waals surface area contributed by atoms with Gasteiger partial charge < -0.3 is 14.5 Å². The van der Waals surface area contributed by atoms with Gasteiger partial charge in [0, 0.05) is 31.6 Å². The van der Waals surface area contributed by atoms with Crippen molar-refractivity contribution in [3.05, 3.63) is 88.9 Å². The molecule has 1 fully saturated rings. The van der Waals surface area contributed by atoms with Gasteiger partial charge in [0.05, 0.1) is 30.4 Å². The number of rotatable bonds is 4. The minimum atomic E-state index is -0.331. The molecule has 0 N–H and O–H groups in total. The number of aromatic nitrogens is 2.